The number of benzene rings is 1. The molecule has 0 radical (unpaired) electrons. The van der Waals surface area contributed by atoms with Crippen molar-refractivity contribution in [2.75, 3.05) is 13.2 Å². The van der Waals surface area contributed by atoms with Gasteiger partial charge in [0.2, 0.25) is 5.91 Å². The Hall–Kier alpha value is -1.46. The van der Waals surface area contributed by atoms with Crippen molar-refractivity contribution in [1.82, 2.24) is 4.90 Å². The van der Waals surface area contributed by atoms with Crippen LogP contribution in [0.1, 0.15) is 41.6 Å². The number of primary amides is 1. The van der Waals surface area contributed by atoms with E-state index in [0.29, 0.717) is 24.7 Å². The molecule has 1 saturated carbocycles. The molecule has 1 aromatic rings. The number of carbonyl (C=O) groups excluding carboxylic acids is 1. The molecule has 1 fully saturated rings. The molecule has 1 amide bonds. The molecule has 1 aromatic carbocycles. The Labute approximate surface area is 118 Å². The largest absolute Gasteiger partial charge is 0.395 e. The first-order chi connectivity index (χ1) is 9.61. The zero-order chi connectivity index (χ0) is 14.5. The van der Waals surface area contributed by atoms with Gasteiger partial charge in [-0.05, 0) is 25.0 Å². The van der Waals surface area contributed by atoms with Crippen molar-refractivity contribution in [3.05, 3.63) is 35.1 Å². The maximum Gasteiger partial charge on any atom is 0.248 e. The third-order valence-electron chi connectivity index (χ3n) is 3.94. The number of carbonyl (C=O) groups is 1. The Morgan fingerprint density at radius 2 is 2.10 bits per heavy atom. The number of amides is 1. The standard InChI is InChI=1S/C15H21FN2O2/c16-14-9-11(15(17)20)5-6-12(14)10-18(7-8-19)13-3-1-2-4-13/h5-6,9,13,19H,1-4,7-8,10H2,(H2,17,20). The molecule has 0 atom stereocenters. The van der Waals surface area contributed by atoms with Crippen LogP contribution in [-0.4, -0.2) is 35.1 Å². The summed E-state index contributed by atoms with van der Waals surface area (Å²) in [6, 6.07) is 4.75. The van der Waals surface area contributed by atoms with E-state index in [1.54, 1.807) is 12.1 Å². The highest BCUT2D eigenvalue weighted by molar-refractivity contribution is 5.92. The van der Waals surface area contributed by atoms with E-state index in [4.69, 9.17) is 10.8 Å². The SMILES string of the molecule is NC(=O)c1ccc(CN(CCO)C2CCCC2)c(F)c1. The lowest BCUT2D eigenvalue weighted by Crippen LogP contribution is -2.35. The van der Waals surface area contributed by atoms with Gasteiger partial charge in [-0.3, -0.25) is 9.69 Å². The Morgan fingerprint density at radius 3 is 2.65 bits per heavy atom. The van der Waals surface area contributed by atoms with Gasteiger partial charge in [0, 0.05) is 30.3 Å². The van der Waals surface area contributed by atoms with Crippen molar-refractivity contribution < 1.29 is 14.3 Å². The maximum atomic E-state index is 14.0. The topological polar surface area (TPSA) is 66.6 Å². The van der Waals surface area contributed by atoms with Crippen LogP contribution in [-0.2, 0) is 6.54 Å². The zero-order valence-corrected chi connectivity index (χ0v) is 11.5. The van der Waals surface area contributed by atoms with Gasteiger partial charge in [0.15, 0.2) is 0 Å². The van der Waals surface area contributed by atoms with Gasteiger partial charge in [-0.15, -0.1) is 0 Å². The number of rotatable bonds is 6. The molecule has 3 N–H and O–H groups in total. The van der Waals surface area contributed by atoms with Gasteiger partial charge >= 0.3 is 0 Å². The normalized spacial score (nSPS) is 15.9. The van der Waals surface area contributed by atoms with Gasteiger partial charge in [0.25, 0.3) is 0 Å². The minimum atomic E-state index is -0.626. The highest BCUT2D eigenvalue weighted by Crippen LogP contribution is 2.25. The number of nitrogens with zero attached hydrogens (tertiary/aromatic N) is 1. The minimum absolute atomic E-state index is 0.0670. The van der Waals surface area contributed by atoms with E-state index in [1.165, 1.54) is 18.9 Å². The van der Waals surface area contributed by atoms with Crippen LogP contribution in [0.3, 0.4) is 0 Å². The van der Waals surface area contributed by atoms with Gasteiger partial charge < -0.3 is 10.8 Å². The molecule has 0 unspecified atom stereocenters. The van der Waals surface area contributed by atoms with Gasteiger partial charge in [0.1, 0.15) is 5.82 Å². The molecule has 1 aliphatic carbocycles. The highest BCUT2D eigenvalue weighted by Gasteiger charge is 2.23. The van der Waals surface area contributed by atoms with E-state index in [-0.39, 0.29) is 12.2 Å². The number of hydrogen-bond acceptors (Lipinski definition) is 3. The Balaban J connectivity index is 2.11. The van der Waals surface area contributed by atoms with E-state index in [1.807, 2.05) is 0 Å². The van der Waals surface area contributed by atoms with Gasteiger partial charge in [-0.25, -0.2) is 4.39 Å². The fourth-order valence-corrected chi connectivity index (χ4v) is 2.84. The Morgan fingerprint density at radius 1 is 1.40 bits per heavy atom. The number of aliphatic hydroxyl groups is 1. The molecule has 4 nitrogen and oxygen atoms in total. The van der Waals surface area contributed by atoms with Crippen LogP contribution in [0, 0.1) is 5.82 Å². The number of halogens is 1. The van der Waals surface area contributed by atoms with Crippen LogP contribution >= 0.6 is 0 Å². The molecule has 0 aliphatic heterocycles. The summed E-state index contributed by atoms with van der Waals surface area (Å²) in [4.78, 5) is 13.1. The maximum absolute atomic E-state index is 14.0. The van der Waals surface area contributed by atoms with E-state index in [2.05, 4.69) is 4.90 Å². The summed E-state index contributed by atoms with van der Waals surface area (Å²) in [5.41, 5.74) is 5.85. The molecular formula is C15H21FN2O2. The monoisotopic (exact) mass is 280 g/mol. The predicted molar refractivity (Wildman–Crippen MR) is 74.7 cm³/mol. The van der Waals surface area contributed by atoms with Crippen LogP contribution in [0.25, 0.3) is 0 Å². The zero-order valence-electron chi connectivity index (χ0n) is 11.5. The van der Waals surface area contributed by atoms with Gasteiger partial charge in [-0.2, -0.15) is 0 Å². The lowest BCUT2D eigenvalue weighted by Gasteiger charge is -2.28. The predicted octanol–water partition coefficient (Wildman–Crippen LogP) is 1.66. The van der Waals surface area contributed by atoms with E-state index in [9.17, 15) is 9.18 Å². The average Bonchev–Trinajstić information content (AvgIpc) is 2.94. The molecular weight excluding hydrogens is 259 g/mol. The van der Waals surface area contributed by atoms with Crippen LogP contribution in [0.5, 0.6) is 0 Å². The molecule has 0 bridgehead atoms. The van der Waals surface area contributed by atoms with Crippen LogP contribution in [0.15, 0.2) is 18.2 Å². The Kier molecular flexibility index (Phi) is 5.09. The number of nitrogens with two attached hydrogens (primary N) is 1. The molecule has 0 aromatic heterocycles. The molecule has 0 saturated heterocycles. The van der Waals surface area contributed by atoms with Crippen molar-refractivity contribution in [1.29, 1.82) is 0 Å². The molecule has 0 heterocycles. The highest BCUT2D eigenvalue weighted by atomic mass is 19.1. The first kappa shape index (κ1) is 14.9. The van der Waals surface area contributed by atoms with E-state index in [0.717, 1.165) is 12.8 Å². The number of hydrogen-bond donors (Lipinski definition) is 2. The molecule has 1 aliphatic rings. The second-order valence-electron chi connectivity index (χ2n) is 5.30. The summed E-state index contributed by atoms with van der Waals surface area (Å²) in [5.74, 6) is -1.04. The van der Waals surface area contributed by atoms with E-state index < -0.39 is 11.7 Å². The average molecular weight is 280 g/mol. The summed E-state index contributed by atoms with van der Waals surface area (Å²) in [6.07, 6.45) is 4.58. The van der Waals surface area contributed by atoms with Crippen LogP contribution < -0.4 is 5.73 Å². The second-order valence-corrected chi connectivity index (χ2v) is 5.30. The van der Waals surface area contributed by atoms with Crippen molar-refractivity contribution in [3.63, 3.8) is 0 Å². The fourth-order valence-electron chi connectivity index (χ4n) is 2.84. The second kappa shape index (κ2) is 6.81. The summed E-state index contributed by atoms with van der Waals surface area (Å²) >= 11 is 0. The smallest absolute Gasteiger partial charge is 0.248 e. The van der Waals surface area contributed by atoms with Crippen LogP contribution in [0.4, 0.5) is 4.39 Å². The van der Waals surface area contributed by atoms with Crippen molar-refractivity contribution in [3.8, 4) is 0 Å². The molecule has 0 spiro atoms. The summed E-state index contributed by atoms with van der Waals surface area (Å²) in [7, 11) is 0. The molecule has 20 heavy (non-hydrogen) atoms. The minimum Gasteiger partial charge on any atom is -0.395 e. The van der Waals surface area contributed by atoms with Crippen molar-refractivity contribution in [2.24, 2.45) is 5.73 Å². The van der Waals surface area contributed by atoms with Crippen molar-refractivity contribution >= 4 is 5.91 Å². The fraction of sp³-hybridized carbons (Fsp3) is 0.533. The summed E-state index contributed by atoms with van der Waals surface area (Å²) in [5, 5.41) is 9.16. The first-order valence-corrected chi connectivity index (χ1v) is 7.05. The molecule has 2 rings (SSSR count). The lowest BCUT2D eigenvalue weighted by atomic mass is 10.1. The van der Waals surface area contributed by atoms with Gasteiger partial charge in [-0.1, -0.05) is 18.9 Å². The third-order valence-corrected chi connectivity index (χ3v) is 3.94. The summed E-state index contributed by atoms with van der Waals surface area (Å²) < 4.78 is 14.0. The van der Waals surface area contributed by atoms with Gasteiger partial charge in [0.05, 0.1) is 6.61 Å². The number of aliphatic hydroxyl groups excluding tert-OH is 1. The lowest BCUT2D eigenvalue weighted by molar-refractivity contribution is 0.0999. The van der Waals surface area contributed by atoms with E-state index >= 15 is 0 Å². The van der Waals surface area contributed by atoms with Crippen molar-refractivity contribution in [2.45, 2.75) is 38.3 Å². The molecule has 5 heteroatoms. The quantitative estimate of drug-likeness (QED) is 0.833. The third kappa shape index (κ3) is 3.55. The Bertz CT molecular complexity index is 473. The first-order valence-electron chi connectivity index (χ1n) is 7.05. The summed E-state index contributed by atoms with van der Waals surface area (Å²) in [6.45, 7) is 1.06. The van der Waals surface area contributed by atoms with Crippen LogP contribution in [0.2, 0.25) is 0 Å². The molecule has 110 valence electrons.